The Morgan fingerprint density at radius 3 is 2.38 bits per heavy atom. The maximum absolute atomic E-state index is 11.5. The smallest absolute Gasteiger partial charge is 0.219 e. The number of amides is 1. The van der Waals surface area contributed by atoms with Crippen molar-refractivity contribution in [1.82, 2.24) is 15.1 Å². The minimum atomic E-state index is 0.146. The topological polar surface area (TPSA) is 57.2 Å². The van der Waals surface area contributed by atoms with E-state index in [9.17, 15) is 4.79 Å². The molecule has 1 aromatic rings. The van der Waals surface area contributed by atoms with E-state index in [1.54, 1.807) is 6.92 Å². The van der Waals surface area contributed by atoms with Gasteiger partial charge in [-0.15, -0.1) is 0 Å². The monoisotopic (exact) mass is 360 g/mol. The van der Waals surface area contributed by atoms with E-state index in [0.29, 0.717) is 13.2 Å². The second kappa shape index (κ2) is 10.8. The van der Waals surface area contributed by atoms with Crippen LogP contribution >= 0.6 is 0 Å². The molecule has 144 valence electrons. The van der Waals surface area contributed by atoms with Gasteiger partial charge in [0, 0.05) is 46.3 Å². The van der Waals surface area contributed by atoms with Gasteiger partial charge in [0.25, 0.3) is 0 Å². The molecule has 2 rings (SSSR count). The Labute approximate surface area is 157 Å². The van der Waals surface area contributed by atoms with E-state index >= 15 is 0 Å². The van der Waals surface area contributed by atoms with Crippen LogP contribution in [0.4, 0.5) is 0 Å². The van der Waals surface area contributed by atoms with E-state index in [1.165, 1.54) is 11.1 Å². The van der Waals surface area contributed by atoms with Gasteiger partial charge in [0.05, 0.1) is 13.2 Å². The van der Waals surface area contributed by atoms with Crippen LogP contribution < -0.4 is 5.32 Å². The summed E-state index contributed by atoms with van der Waals surface area (Å²) in [4.78, 5) is 20.5. The number of guanidine groups is 1. The molecule has 6 nitrogen and oxygen atoms in total. The van der Waals surface area contributed by atoms with Crippen LogP contribution in [0.1, 0.15) is 38.3 Å². The number of hydrogen-bond acceptors (Lipinski definition) is 3. The molecule has 1 aliphatic heterocycles. The molecule has 0 aromatic heterocycles. The maximum atomic E-state index is 11.5. The fraction of sp³-hybridized carbons (Fsp3) is 0.600. The summed E-state index contributed by atoms with van der Waals surface area (Å²) in [5, 5.41) is 3.38. The third-order valence-corrected chi connectivity index (χ3v) is 4.48. The number of piperazine rings is 1. The molecule has 0 spiro atoms. The fourth-order valence-electron chi connectivity index (χ4n) is 3.00. The van der Waals surface area contributed by atoms with E-state index in [2.05, 4.69) is 36.2 Å². The summed E-state index contributed by atoms with van der Waals surface area (Å²) >= 11 is 0. The zero-order valence-corrected chi connectivity index (χ0v) is 16.3. The molecule has 0 bridgehead atoms. The Hall–Kier alpha value is -2.08. The van der Waals surface area contributed by atoms with Crippen LogP contribution in [0.5, 0.6) is 0 Å². The first-order chi connectivity index (χ1) is 12.7. The summed E-state index contributed by atoms with van der Waals surface area (Å²) in [5.74, 6) is 1.06. The van der Waals surface area contributed by atoms with Gasteiger partial charge < -0.3 is 19.9 Å². The van der Waals surface area contributed by atoms with Gasteiger partial charge in [-0.05, 0) is 24.5 Å². The molecule has 1 aromatic carbocycles. The third-order valence-electron chi connectivity index (χ3n) is 4.48. The molecule has 1 heterocycles. The van der Waals surface area contributed by atoms with Gasteiger partial charge in [-0.25, -0.2) is 4.99 Å². The van der Waals surface area contributed by atoms with Crippen molar-refractivity contribution < 1.29 is 9.53 Å². The number of hydrogen-bond donors (Lipinski definition) is 1. The van der Waals surface area contributed by atoms with E-state index in [1.807, 2.05) is 17.0 Å². The Morgan fingerprint density at radius 2 is 1.77 bits per heavy atom. The fourth-order valence-corrected chi connectivity index (χ4v) is 3.00. The molecule has 26 heavy (non-hydrogen) atoms. The van der Waals surface area contributed by atoms with Crippen LogP contribution in [0.15, 0.2) is 29.3 Å². The Morgan fingerprint density at radius 1 is 1.12 bits per heavy atom. The molecule has 1 N–H and O–H groups in total. The predicted octanol–water partition coefficient (Wildman–Crippen LogP) is 2.24. The minimum absolute atomic E-state index is 0.146. The summed E-state index contributed by atoms with van der Waals surface area (Å²) in [7, 11) is 0. The SMILES string of the molecule is CCCOCc1ccccc1CN=C(NCC)N1CCN(C(C)=O)CC1. The van der Waals surface area contributed by atoms with Crippen LogP contribution in [-0.2, 0) is 22.7 Å². The summed E-state index contributed by atoms with van der Waals surface area (Å²) in [6.45, 7) is 11.8. The Bertz CT molecular complexity index is 595. The molecule has 1 aliphatic rings. The highest BCUT2D eigenvalue weighted by Crippen LogP contribution is 2.12. The van der Waals surface area contributed by atoms with Gasteiger partial charge in [-0.2, -0.15) is 0 Å². The van der Waals surface area contributed by atoms with Crippen molar-refractivity contribution >= 4 is 11.9 Å². The van der Waals surface area contributed by atoms with Crippen LogP contribution in [0, 0.1) is 0 Å². The largest absolute Gasteiger partial charge is 0.377 e. The van der Waals surface area contributed by atoms with Crippen molar-refractivity contribution in [2.75, 3.05) is 39.3 Å². The normalized spacial score (nSPS) is 15.3. The van der Waals surface area contributed by atoms with E-state index in [-0.39, 0.29) is 5.91 Å². The lowest BCUT2D eigenvalue weighted by atomic mass is 10.1. The van der Waals surface area contributed by atoms with Gasteiger partial charge >= 0.3 is 0 Å². The molecule has 0 atom stereocenters. The van der Waals surface area contributed by atoms with Gasteiger partial charge in [0.2, 0.25) is 5.91 Å². The summed E-state index contributed by atoms with van der Waals surface area (Å²) in [6.07, 6.45) is 1.02. The van der Waals surface area contributed by atoms with Gasteiger partial charge in [0.15, 0.2) is 5.96 Å². The van der Waals surface area contributed by atoms with Crippen LogP contribution in [0.3, 0.4) is 0 Å². The van der Waals surface area contributed by atoms with Crippen molar-refractivity contribution in [3.8, 4) is 0 Å². The summed E-state index contributed by atoms with van der Waals surface area (Å²) < 4.78 is 5.70. The molecule has 0 unspecified atom stereocenters. The lowest BCUT2D eigenvalue weighted by molar-refractivity contribution is -0.130. The molecule has 6 heteroatoms. The highest BCUT2D eigenvalue weighted by Gasteiger charge is 2.20. The zero-order valence-electron chi connectivity index (χ0n) is 16.3. The molecule has 0 radical (unpaired) electrons. The Balaban J connectivity index is 2.02. The molecule has 1 fully saturated rings. The lowest BCUT2D eigenvalue weighted by Crippen LogP contribution is -2.53. The minimum Gasteiger partial charge on any atom is -0.377 e. The third kappa shape index (κ3) is 6.02. The van der Waals surface area contributed by atoms with Crippen molar-refractivity contribution in [3.05, 3.63) is 35.4 Å². The maximum Gasteiger partial charge on any atom is 0.219 e. The van der Waals surface area contributed by atoms with Gasteiger partial charge in [0.1, 0.15) is 0 Å². The van der Waals surface area contributed by atoms with E-state index < -0.39 is 0 Å². The lowest BCUT2D eigenvalue weighted by Gasteiger charge is -2.36. The second-order valence-electron chi connectivity index (χ2n) is 6.48. The standard InChI is InChI=1S/C20H32N4O2/c1-4-14-26-16-19-9-7-6-8-18(19)15-22-20(21-5-2)24-12-10-23(11-13-24)17(3)25/h6-9H,4-5,10-16H2,1-3H3,(H,21,22). The molecule has 0 aliphatic carbocycles. The zero-order chi connectivity index (χ0) is 18.8. The first kappa shape index (κ1) is 20.2. The first-order valence-electron chi connectivity index (χ1n) is 9.59. The Kier molecular flexibility index (Phi) is 8.41. The predicted molar refractivity (Wildman–Crippen MR) is 105 cm³/mol. The number of rotatable bonds is 7. The molecule has 1 amide bonds. The highest BCUT2D eigenvalue weighted by molar-refractivity contribution is 5.80. The number of nitrogens with one attached hydrogen (secondary N) is 1. The van der Waals surface area contributed by atoms with Gasteiger partial charge in [-0.3, -0.25) is 4.79 Å². The second-order valence-corrected chi connectivity index (χ2v) is 6.48. The number of carbonyl (C=O) groups excluding carboxylic acids is 1. The first-order valence-corrected chi connectivity index (χ1v) is 9.59. The van der Waals surface area contributed by atoms with Crippen molar-refractivity contribution in [2.24, 2.45) is 4.99 Å². The highest BCUT2D eigenvalue weighted by atomic mass is 16.5. The van der Waals surface area contributed by atoms with E-state index in [0.717, 1.165) is 51.7 Å². The van der Waals surface area contributed by atoms with Gasteiger partial charge in [-0.1, -0.05) is 31.2 Å². The van der Waals surface area contributed by atoms with Crippen LogP contribution in [-0.4, -0.2) is 61.0 Å². The number of ether oxygens (including phenoxy) is 1. The van der Waals surface area contributed by atoms with Crippen molar-refractivity contribution in [1.29, 1.82) is 0 Å². The average molecular weight is 361 g/mol. The molecular weight excluding hydrogens is 328 g/mol. The quantitative estimate of drug-likeness (QED) is 0.460. The van der Waals surface area contributed by atoms with E-state index in [4.69, 9.17) is 9.73 Å². The number of benzene rings is 1. The van der Waals surface area contributed by atoms with Crippen molar-refractivity contribution in [3.63, 3.8) is 0 Å². The molecular formula is C20H32N4O2. The average Bonchev–Trinajstić information content (AvgIpc) is 2.66. The summed E-state index contributed by atoms with van der Waals surface area (Å²) in [5.41, 5.74) is 2.39. The van der Waals surface area contributed by atoms with Crippen LogP contribution in [0.25, 0.3) is 0 Å². The van der Waals surface area contributed by atoms with Crippen LogP contribution in [0.2, 0.25) is 0 Å². The number of aliphatic imine (C=N–C) groups is 1. The molecule has 0 saturated carbocycles. The van der Waals surface area contributed by atoms with Crippen molar-refractivity contribution in [2.45, 2.75) is 40.3 Å². The number of carbonyl (C=O) groups is 1. The number of nitrogens with zero attached hydrogens (tertiary/aromatic N) is 3. The summed E-state index contributed by atoms with van der Waals surface area (Å²) in [6, 6.07) is 8.32. The molecule has 1 saturated heterocycles.